The van der Waals surface area contributed by atoms with E-state index < -0.39 is 0 Å². The number of para-hydroxylation sites is 1. The van der Waals surface area contributed by atoms with Gasteiger partial charge in [0.15, 0.2) is 0 Å². The summed E-state index contributed by atoms with van der Waals surface area (Å²) in [6, 6.07) is 11.8. The van der Waals surface area contributed by atoms with Crippen LogP contribution in [0.15, 0.2) is 42.6 Å². The summed E-state index contributed by atoms with van der Waals surface area (Å²) in [4.78, 5) is 4.48. The maximum absolute atomic E-state index is 5.49. The quantitative estimate of drug-likeness (QED) is 0.656. The molecule has 0 unspecified atom stereocenters. The molecular weight excluding hydrogens is 345 g/mol. The molecule has 0 spiro atoms. The zero-order valence-electron chi connectivity index (χ0n) is 8.85. The number of hydrogen-bond donors (Lipinski definition) is 2. The third-order valence-corrected chi connectivity index (χ3v) is 3.32. The van der Waals surface area contributed by atoms with E-state index in [-0.39, 0.29) is 0 Å². The number of thiocarbonyl (C=S) groups is 1. The highest BCUT2D eigenvalue weighted by molar-refractivity contribution is 14.1. The van der Waals surface area contributed by atoms with Crippen LogP contribution >= 0.6 is 34.8 Å². The van der Waals surface area contributed by atoms with Gasteiger partial charge in [0.25, 0.3) is 0 Å². The zero-order valence-corrected chi connectivity index (χ0v) is 11.8. The van der Waals surface area contributed by atoms with Crippen LogP contribution in [0.25, 0.3) is 0 Å². The monoisotopic (exact) mass is 355 g/mol. The minimum absolute atomic E-state index is 0.311. The molecule has 17 heavy (non-hydrogen) atoms. The van der Waals surface area contributed by atoms with Crippen molar-refractivity contribution in [3.8, 4) is 0 Å². The summed E-state index contributed by atoms with van der Waals surface area (Å²) in [6.45, 7) is 0. The molecule has 0 fully saturated rings. The second-order valence-electron chi connectivity index (χ2n) is 3.40. The normalized spacial score (nSPS) is 9.94. The van der Waals surface area contributed by atoms with Crippen molar-refractivity contribution in [2.75, 3.05) is 5.32 Å². The summed E-state index contributed by atoms with van der Waals surface area (Å²) < 4.78 is 1.16. The molecule has 5 heteroatoms. The Bertz CT molecular complexity index is 540. The van der Waals surface area contributed by atoms with E-state index in [1.807, 2.05) is 30.3 Å². The van der Waals surface area contributed by atoms with E-state index in [0.717, 1.165) is 14.9 Å². The number of rotatable bonds is 3. The molecular formula is C12H10IN3S. The lowest BCUT2D eigenvalue weighted by atomic mass is 10.3. The van der Waals surface area contributed by atoms with Gasteiger partial charge in [-0.15, -0.1) is 0 Å². The molecule has 86 valence electrons. The molecule has 0 atom stereocenters. The Morgan fingerprint density at radius 2 is 2.00 bits per heavy atom. The Kier molecular flexibility index (Phi) is 3.90. The third-order valence-electron chi connectivity index (χ3n) is 2.17. The van der Waals surface area contributed by atoms with Gasteiger partial charge in [0.1, 0.15) is 4.99 Å². The number of hydrogen-bond acceptors (Lipinski definition) is 3. The molecule has 0 aliphatic rings. The van der Waals surface area contributed by atoms with E-state index in [4.69, 9.17) is 18.0 Å². The van der Waals surface area contributed by atoms with Crippen LogP contribution in [-0.4, -0.2) is 9.97 Å². The molecule has 0 radical (unpaired) electrons. The summed E-state index contributed by atoms with van der Waals surface area (Å²) in [6.07, 6.45) is 1.72. The molecule has 0 saturated heterocycles. The summed E-state index contributed by atoms with van der Waals surface area (Å²) in [7, 11) is 0. The van der Waals surface area contributed by atoms with Gasteiger partial charge in [-0.05, 0) is 46.9 Å². The number of nitrogens with one attached hydrogen (secondary N) is 1. The van der Waals surface area contributed by atoms with Crippen LogP contribution in [0.3, 0.4) is 0 Å². The van der Waals surface area contributed by atoms with Gasteiger partial charge in [0.2, 0.25) is 0 Å². The fraction of sp³-hybridized carbons (Fsp3) is 0. The topological polar surface area (TPSA) is 50.9 Å². The van der Waals surface area contributed by atoms with Gasteiger partial charge >= 0.3 is 0 Å². The van der Waals surface area contributed by atoms with Crippen LogP contribution in [0.4, 0.5) is 11.4 Å². The lowest BCUT2D eigenvalue weighted by Crippen LogP contribution is -2.11. The second-order valence-corrected chi connectivity index (χ2v) is 5.00. The Morgan fingerprint density at radius 1 is 1.24 bits per heavy atom. The van der Waals surface area contributed by atoms with Crippen molar-refractivity contribution in [1.82, 2.24) is 4.98 Å². The average Bonchev–Trinajstić information content (AvgIpc) is 2.33. The molecule has 1 aromatic heterocycles. The SMILES string of the molecule is NC(=S)c1ccc(Nc2ccccc2I)cn1. The average molecular weight is 355 g/mol. The molecule has 2 aromatic rings. The smallest absolute Gasteiger partial charge is 0.122 e. The standard InChI is InChI=1S/C12H10IN3S/c13-9-3-1-2-4-10(9)16-8-5-6-11(12(14)17)15-7-8/h1-7,16H,(H2,14,17). The summed E-state index contributed by atoms with van der Waals surface area (Å²) >= 11 is 7.13. The van der Waals surface area contributed by atoms with E-state index in [1.54, 1.807) is 12.3 Å². The lowest BCUT2D eigenvalue weighted by molar-refractivity contribution is 1.29. The van der Waals surface area contributed by atoms with E-state index in [2.05, 4.69) is 32.9 Å². The van der Waals surface area contributed by atoms with Crippen molar-refractivity contribution in [1.29, 1.82) is 0 Å². The molecule has 1 aromatic carbocycles. The number of aromatic nitrogens is 1. The lowest BCUT2D eigenvalue weighted by Gasteiger charge is -2.08. The van der Waals surface area contributed by atoms with Crippen molar-refractivity contribution in [2.45, 2.75) is 0 Å². The van der Waals surface area contributed by atoms with Crippen molar-refractivity contribution < 1.29 is 0 Å². The van der Waals surface area contributed by atoms with Crippen molar-refractivity contribution in [2.24, 2.45) is 5.73 Å². The minimum Gasteiger partial charge on any atom is -0.388 e. The molecule has 0 saturated carbocycles. The number of anilines is 2. The predicted octanol–water partition coefficient (Wildman–Crippen LogP) is 3.06. The molecule has 0 aliphatic carbocycles. The predicted molar refractivity (Wildman–Crippen MR) is 82.6 cm³/mol. The van der Waals surface area contributed by atoms with Crippen LogP contribution in [0, 0.1) is 3.57 Å². The maximum atomic E-state index is 5.49. The minimum atomic E-state index is 0.311. The summed E-state index contributed by atoms with van der Waals surface area (Å²) in [5, 5.41) is 3.28. The first-order valence-corrected chi connectivity index (χ1v) is 6.43. The maximum Gasteiger partial charge on any atom is 0.122 e. The van der Waals surface area contributed by atoms with Crippen LogP contribution in [0.2, 0.25) is 0 Å². The van der Waals surface area contributed by atoms with Crippen LogP contribution in [0.5, 0.6) is 0 Å². The molecule has 1 heterocycles. The van der Waals surface area contributed by atoms with Gasteiger partial charge in [-0.1, -0.05) is 24.4 Å². The first-order chi connectivity index (χ1) is 8.16. The van der Waals surface area contributed by atoms with Crippen LogP contribution < -0.4 is 11.1 Å². The van der Waals surface area contributed by atoms with Gasteiger partial charge < -0.3 is 11.1 Å². The number of nitrogens with two attached hydrogens (primary N) is 1. The van der Waals surface area contributed by atoms with Gasteiger partial charge in [-0.2, -0.15) is 0 Å². The molecule has 0 aliphatic heterocycles. The first kappa shape index (κ1) is 12.3. The van der Waals surface area contributed by atoms with Gasteiger partial charge in [0, 0.05) is 3.57 Å². The van der Waals surface area contributed by atoms with Crippen molar-refractivity contribution in [3.63, 3.8) is 0 Å². The molecule has 3 nitrogen and oxygen atoms in total. The largest absolute Gasteiger partial charge is 0.388 e. The molecule has 0 amide bonds. The van der Waals surface area contributed by atoms with E-state index >= 15 is 0 Å². The molecule has 2 rings (SSSR count). The molecule has 3 N–H and O–H groups in total. The highest BCUT2D eigenvalue weighted by atomic mass is 127. The fourth-order valence-electron chi connectivity index (χ4n) is 1.33. The Hall–Kier alpha value is -1.21. The number of halogens is 1. The fourth-order valence-corrected chi connectivity index (χ4v) is 1.97. The summed E-state index contributed by atoms with van der Waals surface area (Å²) in [5.41, 5.74) is 8.09. The van der Waals surface area contributed by atoms with Gasteiger partial charge in [0.05, 0.1) is 23.3 Å². The Balaban J connectivity index is 2.20. The van der Waals surface area contributed by atoms with Gasteiger partial charge in [-0.3, -0.25) is 4.98 Å². The van der Waals surface area contributed by atoms with Crippen LogP contribution in [-0.2, 0) is 0 Å². The Labute approximate surface area is 119 Å². The number of nitrogens with zero attached hydrogens (tertiary/aromatic N) is 1. The zero-order chi connectivity index (χ0) is 12.3. The number of pyridine rings is 1. The van der Waals surface area contributed by atoms with E-state index in [1.165, 1.54) is 0 Å². The summed E-state index contributed by atoms with van der Waals surface area (Å²) in [5.74, 6) is 0. The second kappa shape index (κ2) is 5.42. The highest BCUT2D eigenvalue weighted by Gasteiger charge is 2.01. The van der Waals surface area contributed by atoms with E-state index in [9.17, 15) is 0 Å². The van der Waals surface area contributed by atoms with E-state index in [0.29, 0.717) is 10.7 Å². The van der Waals surface area contributed by atoms with Gasteiger partial charge in [-0.25, -0.2) is 0 Å². The highest BCUT2D eigenvalue weighted by Crippen LogP contribution is 2.21. The Morgan fingerprint density at radius 3 is 2.59 bits per heavy atom. The first-order valence-electron chi connectivity index (χ1n) is 4.94. The molecule has 0 bridgehead atoms. The van der Waals surface area contributed by atoms with Crippen molar-refractivity contribution >= 4 is 51.2 Å². The third kappa shape index (κ3) is 3.13. The van der Waals surface area contributed by atoms with Crippen LogP contribution in [0.1, 0.15) is 5.69 Å². The number of benzene rings is 1. The van der Waals surface area contributed by atoms with Crippen molar-refractivity contribution in [3.05, 3.63) is 51.9 Å².